The van der Waals surface area contributed by atoms with E-state index in [0.717, 1.165) is 31.2 Å². The molecule has 0 radical (unpaired) electrons. The standard InChI is InChI=1S/C29H42FN3O5/c1-5-37-27(34)25(20-31)26(32-24-10-7-6-8-11-24)12-9-18-36-19-17-33(28(35)38-29(2,3)4)21-22-13-15-23(30)16-14-22/h13-16,24,32H,5-12,17-19,21H2,1-4H3. The summed E-state index contributed by atoms with van der Waals surface area (Å²) < 4.78 is 29.7. The average molecular weight is 532 g/mol. The molecule has 0 bridgehead atoms. The van der Waals surface area contributed by atoms with E-state index in [1.807, 2.05) is 6.07 Å². The van der Waals surface area contributed by atoms with Gasteiger partial charge in [0.2, 0.25) is 0 Å². The highest BCUT2D eigenvalue weighted by atomic mass is 19.1. The third-order valence-electron chi connectivity index (χ3n) is 6.04. The number of amides is 1. The molecule has 1 aromatic rings. The molecule has 0 heterocycles. The van der Waals surface area contributed by atoms with E-state index in [9.17, 15) is 19.2 Å². The van der Waals surface area contributed by atoms with Crippen LogP contribution >= 0.6 is 0 Å². The van der Waals surface area contributed by atoms with Crippen LogP contribution in [-0.2, 0) is 25.5 Å². The zero-order valence-corrected chi connectivity index (χ0v) is 23.2. The number of halogens is 1. The maximum atomic E-state index is 13.3. The largest absolute Gasteiger partial charge is 0.462 e. The zero-order valence-electron chi connectivity index (χ0n) is 23.2. The number of nitrogens with zero attached hydrogens (tertiary/aromatic N) is 2. The second-order valence-electron chi connectivity index (χ2n) is 10.4. The van der Waals surface area contributed by atoms with Crippen LogP contribution in [0.4, 0.5) is 9.18 Å². The molecule has 1 amide bonds. The van der Waals surface area contributed by atoms with Gasteiger partial charge in [0.05, 0.1) is 13.2 Å². The highest BCUT2D eigenvalue weighted by Crippen LogP contribution is 2.21. The fourth-order valence-electron chi connectivity index (χ4n) is 4.20. The molecule has 8 nitrogen and oxygen atoms in total. The van der Waals surface area contributed by atoms with Gasteiger partial charge in [0, 0.05) is 31.4 Å². The fourth-order valence-corrected chi connectivity index (χ4v) is 4.20. The van der Waals surface area contributed by atoms with Gasteiger partial charge in [-0.25, -0.2) is 14.0 Å². The summed E-state index contributed by atoms with van der Waals surface area (Å²) in [4.78, 5) is 26.6. The number of carbonyl (C=O) groups excluding carboxylic acids is 2. The number of hydrogen-bond donors (Lipinski definition) is 1. The van der Waals surface area contributed by atoms with Gasteiger partial charge in [-0.3, -0.25) is 0 Å². The summed E-state index contributed by atoms with van der Waals surface area (Å²) in [5, 5.41) is 13.1. The van der Waals surface area contributed by atoms with Crippen LogP contribution in [0.3, 0.4) is 0 Å². The van der Waals surface area contributed by atoms with E-state index in [2.05, 4.69) is 5.32 Å². The van der Waals surface area contributed by atoms with Gasteiger partial charge in [-0.1, -0.05) is 31.4 Å². The van der Waals surface area contributed by atoms with E-state index in [0.29, 0.717) is 31.7 Å². The van der Waals surface area contributed by atoms with Crippen molar-refractivity contribution in [1.82, 2.24) is 10.2 Å². The monoisotopic (exact) mass is 531 g/mol. The summed E-state index contributed by atoms with van der Waals surface area (Å²) >= 11 is 0. The Morgan fingerprint density at radius 2 is 1.82 bits per heavy atom. The van der Waals surface area contributed by atoms with Crippen molar-refractivity contribution in [3.05, 3.63) is 46.9 Å². The van der Waals surface area contributed by atoms with Crippen molar-refractivity contribution in [1.29, 1.82) is 5.26 Å². The lowest BCUT2D eigenvalue weighted by Crippen LogP contribution is -2.38. The molecule has 1 aliphatic carbocycles. The molecular weight excluding hydrogens is 489 g/mol. The van der Waals surface area contributed by atoms with Gasteiger partial charge >= 0.3 is 12.1 Å². The van der Waals surface area contributed by atoms with E-state index in [4.69, 9.17) is 14.2 Å². The molecule has 0 unspecified atom stereocenters. The third-order valence-corrected chi connectivity index (χ3v) is 6.04. The average Bonchev–Trinajstić information content (AvgIpc) is 2.86. The van der Waals surface area contributed by atoms with E-state index in [1.54, 1.807) is 39.8 Å². The fraction of sp³-hybridized carbons (Fsp3) is 0.621. The predicted molar refractivity (Wildman–Crippen MR) is 142 cm³/mol. The van der Waals surface area contributed by atoms with E-state index in [-0.39, 0.29) is 37.2 Å². The first-order valence-corrected chi connectivity index (χ1v) is 13.5. The first-order chi connectivity index (χ1) is 18.1. The Morgan fingerprint density at radius 3 is 2.42 bits per heavy atom. The number of hydrogen-bond acceptors (Lipinski definition) is 7. The van der Waals surface area contributed by atoms with Crippen LogP contribution in [0.2, 0.25) is 0 Å². The molecule has 1 saturated carbocycles. The number of rotatable bonds is 13. The lowest BCUT2D eigenvalue weighted by atomic mass is 9.94. The molecule has 1 aliphatic rings. The van der Waals surface area contributed by atoms with E-state index >= 15 is 0 Å². The minimum Gasteiger partial charge on any atom is -0.462 e. The van der Waals surface area contributed by atoms with Crippen LogP contribution in [0.25, 0.3) is 0 Å². The summed E-state index contributed by atoms with van der Waals surface area (Å²) in [6, 6.07) is 8.25. The van der Waals surface area contributed by atoms with Crippen LogP contribution in [0, 0.1) is 17.1 Å². The maximum absolute atomic E-state index is 13.3. The van der Waals surface area contributed by atoms with Gasteiger partial charge in [-0.05, 0) is 71.1 Å². The topological polar surface area (TPSA) is 101 Å². The Hall–Kier alpha value is -3.12. The van der Waals surface area contributed by atoms with Crippen molar-refractivity contribution in [2.24, 2.45) is 0 Å². The Labute approximate surface area is 226 Å². The number of esters is 1. The highest BCUT2D eigenvalue weighted by Gasteiger charge is 2.23. The molecule has 38 heavy (non-hydrogen) atoms. The zero-order chi connectivity index (χ0) is 28.0. The second-order valence-corrected chi connectivity index (χ2v) is 10.4. The molecule has 2 rings (SSSR count). The van der Waals surface area contributed by atoms with Crippen LogP contribution < -0.4 is 5.32 Å². The number of nitriles is 1. The summed E-state index contributed by atoms with van der Waals surface area (Å²) in [6.45, 7) is 8.54. The molecule has 1 fully saturated rings. The molecular formula is C29H42FN3O5. The third kappa shape index (κ3) is 11.5. The highest BCUT2D eigenvalue weighted by molar-refractivity contribution is 5.93. The summed E-state index contributed by atoms with van der Waals surface area (Å²) in [5.41, 5.74) is 0.759. The molecule has 0 aromatic heterocycles. The lowest BCUT2D eigenvalue weighted by molar-refractivity contribution is -0.138. The lowest BCUT2D eigenvalue weighted by Gasteiger charge is -2.27. The van der Waals surface area contributed by atoms with Crippen molar-refractivity contribution >= 4 is 12.1 Å². The number of benzene rings is 1. The SMILES string of the molecule is CCOC(=O)C(C#N)=C(CCCOCCN(Cc1ccc(F)cc1)C(=O)OC(C)(C)C)NC1CCCCC1. The molecule has 9 heteroatoms. The second kappa shape index (κ2) is 16.0. The van der Waals surface area contributed by atoms with E-state index < -0.39 is 17.7 Å². The van der Waals surface area contributed by atoms with Gasteiger partial charge in [-0.2, -0.15) is 5.26 Å². The summed E-state index contributed by atoms with van der Waals surface area (Å²) in [7, 11) is 0. The normalized spacial score (nSPS) is 14.7. The van der Waals surface area contributed by atoms with Gasteiger partial charge < -0.3 is 24.4 Å². The quantitative estimate of drug-likeness (QED) is 0.153. The van der Waals surface area contributed by atoms with Crippen molar-refractivity contribution < 1.29 is 28.2 Å². The predicted octanol–water partition coefficient (Wildman–Crippen LogP) is 5.62. The minimum atomic E-state index is -0.648. The van der Waals surface area contributed by atoms with Gasteiger partial charge in [0.15, 0.2) is 5.57 Å². The minimum absolute atomic E-state index is 0.0211. The molecule has 0 saturated heterocycles. The number of allylic oxidation sites excluding steroid dienone is 1. The Bertz CT molecular complexity index is 960. The smallest absolute Gasteiger partial charge is 0.410 e. The Morgan fingerprint density at radius 1 is 1.13 bits per heavy atom. The van der Waals surface area contributed by atoms with Crippen LogP contribution in [0.15, 0.2) is 35.5 Å². The number of ether oxygens (including phenoxy) is 3. The van der Waals surface area contributed by atoms with E-state index in [1.165, 1.54) is 23.5 Å². The van der Waals surface area contributed by atoms with Crippen molar-refractivity contribution in [3.8, 4) is 6.07 Å². The van der Waals surface area contributed by atoms with Crippen molar-refractivity contribution in [2.75, 3.05) is 26.4 Å². The van der Waals surface area contributed by atoms with Crippen molar-refractivity contribution in [2.45, 2.75) is 90.8 Å². The van der Waals surface area contributed by atoms with Crippen molar-refractivity contribution in [3.63, 3.8) is 0 Å². The molecule has 0 atom stereocenters. The Balaban J connectivity index is 1.93. The number of nitrogens with one attached hydrogen (secondary N) is 1. The Kier molecular flexibility index (Phi) is 13.1. The van der Waals surface area contributed by atoms with Crippen LogP contribution in [0.5, 0.6) is 0 Å². The van der Waals surface area contributed by atoms with Gasteiger partial charge in [0.1, 0.15) is 17.5 Å². The molecule has 1 N–H and O–H groups in total. The first kappa shape index (κ1) is 31.1. The molecule has 0 aliphatic heterocycles. The molecule has 210 valence electrons. The molecule has 1 aromatic carbocycles. The first-order valence-electron chi connectivity index (χ1n) is 13.5. The van der Waals surface area contributed by atoms with Crippen LogP contribution in [0.1, 0.15) is 78.2 Å². The number of carbonyl (C=O) groups is 2. The summed E-state index contributed by atoms with van der Waals surface area (Å²) in [5.74, 6) is -0.946. The summed E-state index contributed by atoms with van der Waals surface area (Å²) in [6.07, 6.45) is 6.07. The van der Waals surface area contributed by atoms with Crippen LogP contribution in [-0.4, -0.2) is 55.0 Å². The molecule has 0 spiro atoms. The van der Waals surface area contributed by atoms with Gasteiger partial charge in [-0.15, -0.1) is 0 Å². The van der Waals surface area contributed by atoms with Gasteiger partial charge in [0.25, 0.3) is 0 Å². The maximum Gasteiger partial charge on any atom is 0.410 e.